The van der Waals surface area contributed by atoms with Crippen molar-refractivity contribution >= 4 is 5.91 Å². The van der Waals surface area contributed by atoms with Crippen LogP contribution in [0.3, 0.4) is 0 Å². The average molecular weight is 355 g/mol. The van der Waals surface area contributed by atoms with Gasteiger partial charge in [0.15, 0.2) is 0 Å². The lowest BCUT2D eigenvalue weighted by Gasteiger charge is -2.34. The summed E-state index contributed by atoms with van der Waals surface area (Å²) in [5, 5.41) is 0. The number of benzene rings is 1. The Morgan fingerprint density at radius 3 is 2.64 bits per heavy atom. The van der Waals surface area contributed by atoms with Crippen LogP contribution in [0.4, 0.5) is 13.2 Å². The van der Waals surface area contributed by atoms with Crippen molar-refractivity contribution in [3.63, 3.8) is 0 Å². The molecule has 0 radical (unpaired) electrons. The Hall–Kier alpha value is -1.56. The normalized spacial score (nSPS) is 22.4. The molecule has 1 unspecified atom stereocenters. The van der Waals surface area contributed by atoms with Crippen molar-refractivity contribution in [2.75, 3.05) is 13.1 Å². The van der Waals surface area contributed by atoms with Gasteiger partial charge in [-0.05, 0) is 43.4 Å². The highest BCUT2D eigenvalue weighted by molar-refractivity contribution is 5.79. The maximum atomic E-state index is 12.8. The maximum Gasteiger partial charge on any atom is 0.416 e. The van der Waals surface area contributed by atoms with Crippen LogP contribution >= 0.6 is 0 Å². The van der Waals surface area contributed by atoms with Crippen molar-refractivity contribution in [1.82, 2.24) is 4.90 Å². The molecule has 1 aromatic rings. The average Bonchev–Trinajstić information content (AvgIpc) is 3.14. The summed E-state index contributed by atoms with van der Waals surface area (Å²) in [4.78, 5) is 14.4. The van der Waals surface area contributed by atoms with E-state index >= 15 is 0 Å². The zero-order valence-electron chi connectivity index (χ0n) is 14.2. The molecule has 6 heteroatoms. The van der Waals surface area contributed by atoms with Crippen LogP contribution in [0.25, 0.3) is 0 Å². The minimum Gasteiger partial charge on any atom is -0.372 e. The van der Waals surface area contributed by atoms with Gasteiger partial charge in [-0.3, -0.25) is 4.79 Å². The Morgan fingerprint density at radius 2 is 1.92 bits per heavy atom. The first-order chi connectivity index (χ1) is 11.9. The first kappa shape index (κ1) is 18.2. The number of hydrogen-bond donors (Lipinski definition) is 0. The smallest absolute Gasteiger partial charge is 0.372 e. The first-order valence-electron chi connectivity index (χ1n) is 9.00. The number of halogens is 3. The van der Waals surface area contributed by atoms with Crippen LogP contribution in [0.5, 0.6) is 0 Å². The Morgan fingerprint density at radius 1 is 1.16 bits per heavy atom. The molecule has 1 aliphatic carbocycles. The number of amides is 1. The van der Waals surface area contributed by atoms with Crippen LogP contribution < -0.4 is 0 Å². The molecule has 2 fully saturated rings. The number of likely N-dealkylation sites (tertiary alicyclic amines) is 1. The second-order valence-electron chi connectivity index (χ2n) is 7.04. The molecule has 3 rings (SSSR count). The van der Waals surface area contributed by atoms with Crippen molar-refractivity contribution in [1.29, 1.82) is 0 Å². The SMILES string of the molecule is O=C(C1CCCC1)N1CCCC(OCc2cccc(C(F)(F)F)c2)C1. The van der Waals surface area contributed by atoms with E-state index in [-0.39, 0.29) is 24.5 Å². The van der Waals surface area contributed by atoms with Gasteiger partial charge >= 0.3 is 6.18 Å². The lowest BCUT2D eigenvalue weighted by molar-refractivity contribution is -0.140. The summed E-state index contributed by atoms with van der Waals surface area (Å²) in [6.07, 6.45) is 1.48. The predicted octanol–water partition coefficient (Wildman–Crippen LogP) is 4.40. The molecule has 0 spiro atoms. The van der Waals surface area contributed by atoms with Crippen molar-refractivity contribution in [3.05, 3.63) is 35.4 Å². The molecule has 25 heavy (non-hydrogen) atoms. The molecule has 1 aliphatic heterocycles. The molecule has 1 amide bonds. The summed E-state index contributed by atoms with van der Waals surface area (Å²) in [6.45, 7) is 1.45. The van der Waals surface area contributed by atoms with Crippen molar-refractivity contribution in [2.24, 2.45) is 5.92 Å². The number of carbonyl (C=O) groups excluding carboxylic acids is 1. The molecule has 1 aromatic carbocycles. The van der Waals surface area contributed by atoms with E-state index in [1.807, 2.05) is 4.90 Å². The van der Waals surface area contributed by atoms with E-state index in [1.54, 1.807) is 6.07 Å². The Kier molecular flexibility index (Phi) is 5.67. The quantitative estimate of drug-likeness (QED) is 0.801. The molecular formula is C19H24F3NO2. The number of rotatable bonds is 4. The fourth-order valence-corrected chi connectivity index (χ4v) is 3.76. The van der Waals surface area contributed by atoms with E-state index in [9.17, 15) is 18.0 Å². The zero-order valence-corrected chi connectivity index (χ0v) is 14.2. The van der Waals surface area contributed by atoms with Gasteiger partial charge in [0.05, 0.1) is 18.3 Å². The van der Waals surface area contributed by atoms with E-state index in [0.29, 0.717) is 12.1 Å². The summed E-state index contributed by atoms with van der Waals surface area (Å²) >= 11 is 0. The summed E-state index contributed by atoms with van der Waals surface area (Å²) in [5.41, 5.74) is -0.149. The fourth-order valence-electron chi connectivity index (χ4n) is 3.76. The topological polar surface area (TPSA) is 29.5 Å². The number of ether oxygens (including phenoxy) is 1. The molecule has 138 valence electrons. The van der Waals surface area contributed by atoms with Crippen molar-refractivity contribution in [3.8, 4) is 0 Å². The van der Waals surface area contributed by atoms with Crippen LogP contribution in [0.15, 0.2) is 24.3 Å². The molecule has 0 bridgehead atoms. The van der Waals surface area contributed by atoms with Gasteiger partial charge < -0.3 is 9.64 Å². The third kappa shape index (κ3) is 4.75. The Bertz CT molecular complexity index is 597. The molecule has 3 nitrogen and oxygen atoms in total. The number of alkyl halides is 3. The van der Waals surface area contributed by atoms with Gasteiger partial charge in [-0.1, -0.05) is 25.0 Å². The largest absolute Gasteiger partial charge is 0.416 e. The molecular weight excluding hydrogens is 331 g/mol. The lowest BCUT2D eigenvalue weighted by Crippen LogP contribution is -2.45. The summed E-state index contributed by atoms with van der Waals surface area (Å²) in [7, 11) is 0. The van der Waals surface area contributed by atoms with Crippen LogP contribution in [0, 0.1) is 5.92 Å². The Balaban J connectivity index is 1.54. The lowest BCUT2D eigenvalue weighted by atomic mass is 10.0. The van der Waals surface area contributed by atoms with Gasteiger partial charge in [0.2, 0.25) is 5.91 Å². The van der Waals surface area contributed by atoms with E-state index in [1.165, 1.54) is 6.07 Å². The van der Waals surface area contributed by atoms with E-state index in [4.69, 9.17) is 4.74 Å². The van der Waals surface area contributed by atoms with Crippen molar-refractivity contribution in [2.45, 2.75) is 57.4 Å². The maximum absolute atomic E-state index is 12.8. The van der Waals surface area contributed by atoms with Gasteiger partial charge in [-0.15, -0.1) is 0 Å². The van der Waals surface area contributed by atoms with Gasteiger partial charge in [-0.25, -0.2) is 0 Å². The second kappa shape index (κ2) is 7.77. The Labute approximate surface area is 146 Å². The minimum absolute atomic E-state index is 0.103. The van der Waals surface area contributed by atoms with Crippen LogP contribution in [-0.2, 0) is 22.3 Å². The zero-order chi connectivity index (χ0) is 17.9. The second-order valence-corrected chi connectivity index (χ2v) is 7.04. The molecule has 2 aliphatic rings. The molecule has 0 N–H and O–H groups in total. The fraction of sp³-hybridized carbons (Fsp3) is 0.632. The third-order valence-electron chi connectivity index (χ3n) is 5.13. The molecule has 0 aromatic heterocycles. The van der Waals surface area contributed by atoms with E-state index in [2.05, 4.69) is 0 Å². The first-order valence-corrected chi connectivity index (χ1v) is 9.00. The molecule has 1 saturated carbocycles. The minimum atomic E-state index is -4.34. The van der Waals surface area contributed by atoms with Crippen LogP contribution in [0.2, 0.25) is 0 Å². The van der Waals surface area contributed by atoms with Gasteiger partial charge in [0.25, 0.3) is 0 Å². The third-order valence-corrected chi connectivity index (χ3v) is 5.13. The highest BCUT2D eigenvalue weighted by Gasteiger charge is 2.32. The highest BCUT2D eigenvalue weighted by atomic mass is 19.4. The van der Waals surface area contributed by atoms with Gasteiger partial charge in [-0.2, -0.15) is 13.2 Å². The summed E-state index contributed by atoms with van der Waals surface area (Å²) < 4.78 is 44.1. The summed E-state index contributed by atoms with van der Waals surface area (Å²) in [5.74, 6) is 0.382. The number of hydrogen-bond acceptors (Lipinski definition) is 2. The van der Waals surface area contributed by atoms with Crippen LogP contribution in [-0.4, -0.2) is 30.0 Å². The number of piperidine rings is 1. The van der Waals surface area contributed by atoms with Gasteiger partial charge in [0, 0.05) is 19.0 Å². The van der Waals surface area contributed by atoms with Crippen LogP contribution in [0.1, 0.15) is 49.7 Å². The van der Waals surface area contributed by atoms with Crippen molar-refractivity contribution < 1.29 is 22.7 Å². The number of carbonyl (C=O) groups is 1. The standard InChI is InChI=1S/C19H24F3NO2/c20-19(21,22)16-8-3-5-14(11-16)13-25-17-9-4-10-23(12-17)18(24)15-6-1-2-7-15/h3,5,8,11,15,17H,1-2,4,6-7,9-10,12-13H2. The highest BCUT2D eigenvalue weighted by Crippen LogP contribution is 2.30. The monoisotopic (exact) mass is 355 g/mol. The van der Waals surface area contributed by atoms with E-state index < -0.39 is 11.7 Å². The molecule has 1 saturated heterocycles. The summed E-state index contributed by atoms with van der Waals surface area (Å²) in [6, 6.07) is 5.23. The number of nitrogens with zero attached hydrogens (tertiary/aromatic N) is 1. The predicted molar refractivity (Wildman–Crippen MR) is 87.8 cm³/mol. The molecule has 1 atom stereocenters. The van der Waals surface area contributed by atoms with Gasteiger partial charge in [0.1, 0.15) is 0 Å². The van der Waals surface area contributed by atoms with E-state index in [0.717, 1.165) is 57.2 Å². The molecule has 1 heterocycles.